The van der Waals surface area contributed by atoms with Gasteiger partial charge in [-0.25, -0.2) is 9.97 Å². The van der Waals surface area contributed by atoms with Crippen molar-refractivity contribution in [3.63, 3.8) is 0 Å². The first-order valence-corrected chi connectivity index (χ1v) is 6.45. The summed E-state index contributed by atoms with van der Waals surface area (Å²) >= 11 is 5.83. The van der Waals surface area contributed by atoms with Crippen LogP contribution in [0.1, 0.15) is 5.56 Å². The Balaban J connectivity index is 1.81. The van der Waals surface area contributed by atoms with Crippen LogP contribution in [0.3, 0.4) is 0 Å². The third kappa shape index (κ3) is 2.75. The monoisotopic (exact) mass is 282 g/mol. The second-order valence-corrected chi connectivity index (χ2v) is 4.60. The predicted molar refractivity (Wildman–Crippen MR) is 82.2 cm³/mol. The fourth-order valence-electron chi connectivity index (χ4n) is 1.81. The molecule has 0 atom stereocenters. The summed E-state index contributed by atoms with van der Waals surface area (Å²) in [5, 5.41) is 5.82. The lowest BCUT2D eigenvalue weighted by molar-refractivity contribution is 1.18. The van der Waals surface area contributed by atoms with Crippen molar-refractivity contribution in [1.82, 2.24) is 9.97 Å². The largest absolute Gasteiger partial charge is 0.261 e. The molecule has 5 heteroatoms. The van der Waals surface area contributed by atoms with Gasteiger partial charge in [0.25, 0.3) is 0 Å². The molecule has 1 aromatic heterocycles. The molecule has 0 bridgehead atoms. The summed E-state index contributed by atoms with van der Waals surface area (Å²) in [6.45, 7) is 0. The molecule has 0 aliphatic rings. The number of rotatable bonds is 3. The third-order valence-electron chi connectivity index (χ3n) is 2.80. The molecule has 20 heavy (non-hydrogen) atoms. The number of fused-ring (bicyclic) bond motifs is 1. The van der Waals surface area contributed by atoms with Crippen LogP contribution in [0.5, 0.6) is 0 Å². The lowest BCUT2D eigenvalue weighted by atomic mass is 10.2. The molecular formula is C15H11ClN4. The Kier molecular flexibility index (Phi) is 3.56. The van der Waals surface area contributed by atoms with Crippen LogP contribution in [0.4, 0.5) is 5.82 Å². The number of hydrogen-bond donors (Lipinski definition) is 1. The molecule has 3 aromatic rings. The van der Waals surface area contributed by atoms with E-state index >= 15 is 0 Å². The molecule has 0 aliphatic carbocycles. The number of anilines is 1. The second kappa shape index (κ2) is 5.67. The molecule has 0 fully saturated rings. The smallest absolute Gasteiger partial charge is 0.157 e. The summed E-state index contributed by atoms with van der Waals surface area (Å²) in [6, 6.07) is 15.2. The maximum absolute atomic E-state index is 5.83. The van der Waals surface area contributed by atoms with Gasteiger partial charge in [0.2, 0.25) is 0 Å². The van der Waals surface area contributed by atoms with Crippen LogP contribution in [0, 0.1) is 0 Å². The maximum atomic E-state index is 5.83. The minimum absolute atomic E-state index is 0.681. The average Bonchev–Trinajstić information content (AvgIpc) is 2.49. The Morgan fingerprint density at radius 3 is 2.65 bits per heavy atom. The number of nitrogens with one attached hydrogen (secondary N) is 1. The molecule has 1 N–H and O–H groups in total. The van der Waals surface area contributed by atoms with Gasteiger partial charge in [-0.3, -0.25) is 5.43 Å². The molecule has 98 valence electrons. The van der Waals surface area contributed by atoms with Gasteiger partial charge in [0.1, 0.15) is 6.33 Å². The van der Waals surface area contributed by atoms with Crippen molar-refractivity contribution in [2.75, 3.05) is 5.43 Å². The van der Waals surface area contributed by atoms with E-state index in [4.69, 9.17) is 11.6 Å². The highest BCUT2D eigenvalue weighted by atomic mass is 35.5. The first kappa shape index (κ1) is 12.6. The Morgan fingerprint density at radius 2 is 1.80 bits per heavy atom. The molecule has 0 radical (unpaired) electrons. The van der Waals surface area contributed by atoms with Gasteiger partial charge in [-0.15, -0.1) is 0 Å². The topological polar surface area (TPSA) is 50.2 Å². The highest BCUT2D eigenvalue weighted by Crippen LogP contribution is 2.18. The summed E-state index contributed by atoms with van der Waals surface area (Å²) < 4.78 is 0. The quantitative estimate of drug-likeness (QED) is 0.588. The zero-order valence-electron chi connectivity index (χ0n) is 10.5. The maximum Gasteiger partial charge on any atom is 0.157 e. The second-order valence-electron chi connectivity index (χ2n) is 4.16. The molecule has 0 unspecified atom stereocenters. The number of para-hydroxylation sites is 1. The zero-order valence-corrected chi connectivity index (χ0v) is 11.2. The highest BCUT2D eigenvalue weighted by Gasteiger charge is 2.00. The normalized spacial score (nSPS) is 11.1. The van der Waals surface area contributed by atoms with Crippen molar-refractivity contribution in [2.45, 2.75) is 0 Å². The van der Waals surface area contributed by atoms with E-state index in [9.17, 15) is 0 Å². The van der Waals surface area contributed by atoms with Gasteiger partial charge >= 0.3 is 0 Å². The van der Waals surface area contributed by atoms with Gasteiger partial charge in [0.05, 0.1) is 11.7 Å². The predicted octanol–water partition coefficient (Wildman–Crippen LogP) is 3.73. The van der Waals surface area contributed by atoms with Gasteiger partial charge in [-0.1, -0.05) is 35.9 Å². The number of benzene rings is 2. The van der Waals surface area contributed by atoms with Crippen LogP contribution in [-0.4, -0.2) is 16.2 Å². The number of hydrazone groups is 1. The van der Waals surface area contributed by atoms with E-state index in [1.807, 2.05) is 48.5 Å². The number of hydrogen-bond acceptors (Lipinski definition) is 4. The third-order valence-corrected chi connectivity index (χ3v) is 3.05. The molecule has 0 saturated carbocycles. The molecule has 0 spiro atoms. The van der Waals surface area contributed by atoms with Crippen LogP contribution < -0.4 is 5.43 Å². The van der Waals surface area contributed by atoms with Crippen molar-refractivity contribution in [2.24, 2.45) is 5.10 Å². The molecule has 3 rings (SSSR count). The van der Waals surface area contributed by atoms with E-state index in [1.165, 1.54) is 6.33 Å². The fraction of sp³-hybridized carbons (Fsp3) is 0. The van der Waals surface area contributed by atoms with E-state index < -0.39 is 0 Å². The van der Waals surface area contributed by atoms with E-state index in [0.717, 1.165) is 16.5 Å². The van der Waals surface area contributed by atoms with E-state index in [1.54, 1.807) is 6.21 Å². The van der Waals surface area contributed by atoms with Gasteiger partial charge in [-0.2, -0.15) is 5.10 Å². The van der Waals surface area contributed by atoms with Gasteiger partial charge in [-0.05, 0) is 29.8 Å². The van der Waals surface area contributed by atoms with Gasteiger partial charge < -0.3 is 0 Å². The average molecular weight is 283 g/mol. The highest BCUT2D eigenvalue weighted by molar-refractivity contribution is 6.30. The number of aromatic nitrogens is 2. The lowest BCUT2D eigenvalue weighted by Crippen LogP contribution is -1.95. The molecule has 0 aliphatic heterocycles. The van der Waals surface area contributed by atoms with Crippen LogP contribution in [-0.2, 0) is 0 Å². The van der Waals surface area contributed by atoms with Crippen molar-refractivity contribution in [1.29, 1.82) is 0 Å². The van der Waals surface area contributed by atoms with Crippen LogP contribution in [0.2, 0.25) is 5.02 Å². The minimum Gasteiger partial charge on any atom is -0.261 e. The van der Waals surface area contributed by atoms with Crippen LogP contribution >= 0.6 is 11.6 Å². The number of nitrogens with zero attached hydrogens (tertiary/aromatic N) is 3. The summed E-state index contributed by atoms with van der Waals surface area (Å²) in [4.78, 5) is 8.40. The Bertz CT molecular complexity index is 748. The zero-order chi connectivity index (χ0) is 13.8. The summed E-state index contributed by atoms with van der Waals surface area (Å²) in [6.07, 6.45) is 3.23. The summed E-state index contributed by atoms with van der Waals surface area (Å²) in [7, 11) is 0. The molecule has 0 amide bonds. The van der Waals surface area contributed by atoms with E-state index in [2.05, 4.69) is 20.5 Å². The van der Waals surface area contributed by atoms with Crippen molar-refractivity contribution >= 4 is 34.5 Å². The first-order valence-electron chi connectivity index (χ1n) is 6.07. The summed E-state index contributed by atoms with van der Waals surface area (Å²) in [5.74, 6) is 0.681. The van der Waals surface area contributed by atoms with Gasteiger partial charge in [0, 0.05) is 10.4 Å². The van der Waals surface area contributed by atoms with Crippen LogP contribution in [0.25, 0.3) is 10.9 Å². The fourth-order valence-corrected chi connectivity index (χ4v) is 1.94. The van der Waals surface area contributed by atoms with Crippen molar-refractivity contribution in [3.05, 3.63) is 65.4 Å². The minimum atomic E-state index is 0.681. The van der Waals surface area contributed by atoms with Crippen molar-refractivity contribution in [3.8, 4) is 0 Å². The van der Waals surface area contributed by atoms with Crippen molar-refractivity contribution < 1.29 is 0 Å². The molecule has 0 saturated heterocycles. The Labute approximate surface area is 121 Å². The van der Waals surface area contributed by atoms with E-state index in [-0.39, 0.29) is 0 Å². The summed E-state index contributed by atoms with van der Waals surface area (Å²) in [5.41, 5.74) is 4.78. The molecule has 4 nitrogen and oxygen atoms in total. The standard InChI is InChI=1S/C15H11ClN4/c16-12-7-5-11(6-8-12)9-19-20-15-13-3-1-2-4-14(13)17-10-18-15/h1-10H,(H,17,18,20)/b19-9-. The Hall–Kier alpha value is -2.46. The molecule has 1 heterocycles. The van der Waals surface area contributed by atoms with E-state index in [0.29, 0.717) is 10.8 Å². The SMILES string of the molecule is Clc1ccc(/C=N\Nc2ncnc3ccccc23)cc1. The lowest BCUT2D eigenvalue weighted by Gasteiger charge is -2.03. The molecular weight excluding hydrogens is 272 g/mol. The first-order chi connectivity index (χ1) is 9.83. The van der Waals surface area contributed by atoms with Crippen LogP contribution in [0.15, 0.2) is 60.0 Å². The van der Waals surface area contributed by atoms with Gasteiger partial charge in [0.15, 0.2) is 5.82 Å². The Morgan fingerprint density at radius 1 is 1.00 bits per heavy atom. The number of halogens is 1. The molecule has 2 aromatic carbocycles.